The Morgan fingerprint density at radius 3 is 2.15 bits per heavy atom. The summed E-state index contributed by atoms with van der Waals surface area (Å²) in [6, 6.07) is 20.0. The van der Waals surface area contributed by atoms with Gasteiger partial charge < -0.3 is 10.6 Å². The van der Waals surface area contributed by atoms with Crippen molar-refractivity contribution in [2.75, 3.05) is 6.54 Å². The zero-order chi connectivity index (χ0) is 23.8. The Labute approximate surface area is 194 Å². The van der Waals surface area contributed by atoms with Crippen LogP contribution in [0.4, 0.5) is 13.2 Å². The smallest absolute Gasteiger partial charge is 0.347 e. The van der Waals surface area contributed by atoms with Crippen molar-refractivity contribution in [1.29, 1.82) is 0 Å². The molecular formula is C25H22ClF3N2O2. The molecule has 0 spiro atoms. The average molecular weight is 475 g/mol. The fourth-order valence-electron chi connectivity index (χ4n) is 3.31. The molecule has 3 rings (SSSR count). The summed E-state index contributed by atoms with van der Waals surface area (Å²) in [6.45, 7) is -0.312. The minimum atomic E-state index is -4.56. The zero-order valence-corrected chi connectivity index (χ0v) is 18.3. The summed E-state index contributed by atoms with van der Waals surface area (Å²) in [6.07, 6.45) is -3.82. The van der Waals surface area contributed by atoms with E-state index in [1.165, 1.54) is 0 Å². The van der Waals surface area contributed by atoms with Crippen LogP contribution in [-0.2, 0) is 22.2 Å². The highest BCUT2D eigenvalue weighted by atomic mass is 35.5. The van der Waals surface area contributed by atoms with E-state index in [0.29, 0.717) is 12.0 Å². The van der Waals surface area contributed by atoms with Gasteiger partial charge >= 0.3 is 6.18 Å². The molecule has 0 saturated heterocycles. The molecule has 4 nitrogen and oxygen atoms in total. The summed E-state index contributed by atoms with van der Waals surface area (Å²) in [7, 11) is 0. The van der Waals surface area contributed by atoms with Gasteiger partial charge in [0.15, 0.2) is 0 Å². The van der Waals surface area contributed by atoms with E-state index in [4.69, 9.17) is 11.6 Å². The van der Waals surface area contributed by atoms with Crippen LogP contribution in [0, 0.1) is 0 Å². The topological polar surface area (TPSA) is 58.2 Å². The lowest BCUT2D eigenvalue weighted by Gasteiger charge is -2.22. The van der Waals surface area contributed by atoms with E-state index in [2.05, 4.69) is 10.6 Å². The quantitative estimate of drug-likeness (QED) is 0.464. The third-order valence-electron chi connectivity index (χ3n) is 5.00. The molecule has 172 valence electrons. The highest BCUT2D eigenvalue weighted by molar-refractivity contribution is 6.31. The lowest BCUT2D eigenvalue weighted by Crippen LogP contribution is -2.39. The van der Waals surface area contributed by atoms with Crippen LogP contribution in [0.1, 0.15) is 34.7 Å². The number of alkyl halides is 3. The van der Waals surface area contributed by atoms with E-state index in [9.17, 15) is 22.8 Å². The minimum absolute atomic E-state index is 0.0871. The molecule has 8 heteroatoms. The molecule has 0 radical (unpaired) electrons. The summed E-state index contributed by atoms with van der Waals surface area (Å²) >= 11 is 6.21. The molecule has 0 aliphatic heterocycles. The van der Waals surface area contributed by atoms with E-state index in [-0.39, 0.29) is 29.5 Å². The second-order valence-electron chi connectivity index (χ2n) is 7.41. The van der Waals surface area contributed by atoms with E-state index in [1.807, 2.05) is 30.3 Å². The number of hydrogen-bond acceptors (Lipinski definition) is 2. The minimum Gasteiger partial charge on any atom is -0.347 e. The van der Waals surface area contributed by atoms with Gasteiger partial charge in [-0.05, 0) is 41.3 Å². The number of carbonyl (C=O) groups excluding carboxylic acids is 2. The molecule has 0 heterocycles. The van der Waals surface area contributed by atoms with Crippen molar-refractivity contribution in [2.24, 2.45) is 0 Å². The Kier molecular flexibility index (Phi) is 8.11. The maximum Gasteiger partial charge on any atom is 0.416 e. The largest absolute Gasteiger partial charge is 0.416 e. The maximum atomic E-state index is 13.3. The standard InChI is InChI=1S/C25H22ClF3N2O2/c26-21-13-12-19(25(27,28)29)15-20(21)24(18-9-5-2-6-10-18)31-23(33)16-30-22(32)14-11-17-7-3-1-4-8-17/h1-10,12-13,15,24H,11,14,16H2,(H,30,32)(H,31,33). The Balaban J connectivity index is 1.70. The highest BCUT2D eigenvalue weighted by Crippen LogP contribution is 2.35. The molecule has 0 aromatic heterocycles. The molecule has 0 aliphatic carbocycles. The second kappa shape index (κ2) is 11.0. The molecule has 3 aromatic carbocycles. The number of halogens is 4. The highest BCUT2D eigenvalue weighted by Gasteiger charge is 2.32. The molecule has 2 N–H and O–H groups in total. The number of rotatable bonds is 8. The third-order valence-corrected chi connectivity index (χ3v) is 5.35. The molecular weight excluding hydrogens is 453 g/mol. The molecule has 0 saturated carbocycles. The van der Waals surface area contributed by atoms with Crippen molar-refractivity contribution in [3.05, 3.63) is 106 Å². The first-order valence-corrected chi connectivity index (χ1v) is 10.6. The van der Waals surface area contributed by atoms with E-state index in [1.54, 1.807) is 30.3 Å². The first-order valence-electron chi connectivity index (χ1n) is 10.3. The normalized spacial score (nSPS) is 12.1. The van der Waals surface area contributed by atoms with Crippen LogP contribution in [0.5, 0.6) is 0 Å². The van der Waals surface area contributed by atoms with Gasteiger partial charge in [-0.15, -0.1) is 0 Å². The summed E-state index contributed by atoms with van der Waals surface area (Å²) in [5.41, 5.74) is 0.802. The Morgan fingerprint density at radius 2 is 1.52 bits per heavy atom. The number of hydrogen-bond donors (Lipinski definition) is 2. The van der Waals surface area contributed by atoms with Gasteiger partial charge in [0.05, 0.1) is 18.2 Å². The molecule has 1 unspecified atom stereocenters. The lowest BCUT2D eigenvalue weighted by molar-refractivity contribution is -0.137. The van der Waals surface area contributed by atoms with Crippen molar-refractivity contribution in [1.82, 2.24) is 10.6 Å². The molecule has 0 aliphatic rings. The predicted molar refractivity (Wildman–Crippen MR) is 121 cm³/mol. The SMILES string of the molecule is O=C(CCc1ccccc1)NCC(=O)NC(c1ccccc1)c1cc(C(F)(F)F)ccc1Cl. The second-order valence-corrected chi connectivity index (χ2v) is 7.81. The van der Waals surface area contributed by atoms with Gasteiger partial charge in [0.2, 0.25) is 11.8 Å². The van der Waals surface area contributed by atoms with E-state index < -0.39 is 23.7 Å². The zero-order valence-electron chi connectivity index (χ0n) is 17.5. The summed E-state index contributed by atoms with van der Waals surface area (Å²) in [5, 5.41) is 5.33. The van der Waals surface area contributed by atoms with Crippen LogP contribution in [0.25, 0.3) is 0 Å². The molecule has 0 bridgehead atoms. The first kappa shape index (κ1) is 24.3. The predicted octanol–water partition coefficient (Wildman–Crippen LogP) is 5.31. The fourth-order valence-corrected chi connectivity index (χ4v) is 3.54. The molecule has 3 aromatic rings. The Bertz CT molecular complexity index is 1090. The van der Waals surface area contributed by atoms with Gasteiger partial charge in [-0.3, -0.25) is 9.59 Å². The number of aryl methyl sites for hydroxylation is 1. The fraction of sp³-hybridized carbons (Fsp3) is 0.200. The van der Waals surface area contributed by atoms with Crippen molar-refractivity contribution < 1.29 is 22.8 Å². The Hall–Kier alpha value is -3.32. The summed E-state index contributed by atoms with van der Waals surface area (Å²) in [4.78, 5) is 24.7. The Morgan fingerprint density at radius 1 is 0.879 bits per heavy atom. The van der Waals surface area contributed by atoms with Gasteiger partial charge in [0.25, 0.3) is 0 Å². The first-order chi connectivity index (χ1) is 15.7. The molecule has 1 atom stereocenters. The summed E-state index contributed by atoms with van der Waals surface area (Å²) in [5.74, 6) is -0.854. The number of carbonyl (C=O) groups is 2. The number of amides is 2. The number of benzene rings is 3. The molecule has 0 fully saturated rings. The summed E-state index contributed by atoms with van der Waals surface area (Å²) < 4.78 is 39.8. The van der Waals surface area contributed by atoms with Gasteiger partial charge in [-0.25, -0.2) is 0 Å². The van der Waals surface area contributed by atoms with Crippen molar-refractivity contribution in [3.63, 3.8) is 0 Å². The van der Waals surface area contributed by atoms with Crippen LogP contribution in [0.3, 0.4) is 0 Å². The van der Waals surface area contributed by atoms with E-state index in [0.717, 1.165) is 23.8 Å². The number of nitrogens with one attached hydrogen (secondary N) is 2. The van der Waals surface area contributed by atoms with Gasteiger partial charge in [0, 0.05) is 11.4 Å². The lowest BCUT2D eigenvalue weighted by atomic mass is 9.96. The van der Waals surface area contributed by atoms with Crippen LogP contribution < -0.4 is 10.6 Å². The van der Waals surface area contributed by atoms with Crippen LogP contribution in [0.15, 0.2) is 78.9 Å². The van der Waals surface area contributed by atoms with Crippen LogP contribution in [-0.4, -0.2) is 18.4 Å². The van der Waals surface area contributed by atoms with Crippen LogP contribution in [0.2, 0.25) is 5.02 Å². The van der Waals surface area contributed by atoms with Crippen molar-refractivity contribution in [3.8, 4) is 0 Å². The van der Waals surface area contributed by atoms with Crippen molar-refractivity contribution in [2.45, 2.75) is 25.1 Å². The monoisotopic (exact) mass is 474 g/mol. The third kappa shape index (κ3) is 7.08. The van der Waals surface area contributed by atoms with Crippen LogP contribution >= 0.6 is 11.6 Å². The maximum absolute atomic E-state index is 13.3. The van der Waals surface area contributed by atoms with Gasteiger partial charge in [0.1, 0.15) is 0 Å². The molecule has 2 amide bonds. The van der Waals surface area contributed by atoms with Gasteiger partial charge in [-0.1, -0.05) is 72.3 Å². The average Bonchev–Trinajstić information content (AvgIpc) is 2.81. The van der Waals surface area contributed by atoms with Crippen molar-refractivity contribution >= 4 is 23.4 Å². The molecule has 33 heavy (non-hydrogen) atoms. The van der Waals surface area contributed by atoms with E-state index >= 15 is 0 Å². The van der Waals surface area contributed by atoms with Gasteiger partial charge in [-0.2, -0.15) is 13.2 Å².